The molecule has 2 aromatic carbocycles. The smallest absolute Gasteiger partial charge is 0.255 e. The third-order valence-corrected chi connectivity index (χ3v) is 5.11. The Morgan fingerprint density at radius 1 is 1.10 bits per heavy atom. The first-order chi connectivity index (χ1) is 14.1. The second-order valence-electron chi connectivity index (χ2n) is 6.52. The molecule has 0 unspecified atom stereocenters. The third-order valence-electron chi connectivity index (χ3n) is 4.18. The number of carbonyl (C=O) groups is 2. The summed E-state index contributed by atoms with van der Waals surface area (Å²) in [4.78, 5) is 24.6. The van der Waals surface area contributed by atoms with Gasteiger partial charge in [-0.25, -0.2) is 9.07 Å². The minimum atomic E-state index is -0.436. The molecular weight excluding hydrogens is 395 g/mol. The molecule has 29 heavy (non-hydrogen) atoms. The molecule has 1 heterocycles. The van der Waals surface area contributed by atoms with Crippen molar-refractivity contribution in [3.05, 3.63) is 59.9 Å². The van der Waals surface area contributed by atoms with Gasteiger partial charge in [0.05, 0.1) is 11.8 Å². The number of nitrogens with one attached hydrogen (secondary N) is 2. The maximum absolute atomic E-state index is 13.3. The number of aromatic nitrogens is 4. The van der Waals surface area contributed by atoms with Crippen LogP contribution in [0.5, 0.6) is 0 Å². The van der Waals surface area contributed by atoms with E-state index in [0.29, 0.717) is 28.1 Å². The molecule has 2 amide bonds. The summed E-state index contributed by atoms with van der Waals surface area (Å²) in [7, 11) is 0. The number of rotatable bonds is 7. The molecule has 1 aromatic heterocycles. The van der Waals surface area contributed by atoms with E-state index in [2.05, 4.69) is 26.2 Å². The highest BCUT2D eigenvalue weighted by Gasteiger charge is 2.28. The highest BCUT2D eigenvalue weighted by Crippen LogP contribution is 2.36. The third kappa shape index (κ3) is 4.96. The number of hydrogen-bond donors (Lipinski definition) is 2. The summed E-state index contributed by atoms with van der Waals surface area (Å²) in [5.41, 5.74) is 1.19. The fraction of sp³-hybridized carbons (Fsp3) is 0.211. The number of amides is 2. The normalized spacial score (nSPS) is 13.1. The highest BCUT2D eigenvalue weighted by molar-refractivity contribution is 7.99. The van der Waals surface area contributed by atoms with Crippen molar-refractivity contribution in [2.45, 2.75) is 24.0 Å². The van der Waals surface area contributed by atoms with Crippen LogP contribution in [0.1, 0.15) is 29.2 Å². The summed E-state index contributed by atoms with van der Waals surface area (Å²) in [5.74, 6) is -0.922. The van der Waals surface area contributed by atoms with E-state index < -0.39 is 11.7 Å². The Morgan fingerprint density at radius 3 is 2.62 bits per heavy atom. The van der Waals surface area contributed by atoms with Crippen molar-refractivity contribution in [2.75, 3.05) is 16.4 Å². The van der Waals surface area contributed by atoms with Crippen LogP contribution >= 0.6 is 11.8 Å². The van der Waals surface area contributed by atoms with Gasteiger partial charge in [-0.3, -0.25) is 9.59 Å². The van der Waals surface area contributed by atoms with Gasteiger partial charge in [0, 0.05) is 16.9 Å². The number of hydrogen-bond acceptors (Lipinski definition) is 6. The largest absolute Gasteiger partial charge is 0.325 e. The molecule has 0 bridgehead atoms. The molecule has 0 atom stereocenters. The summed E-state index contributed by atoms with van der Waals surface area (Å²) in [6, 6.07) is 12.5. The summed E-state index contributed by atoms with van der Waals surface area (Å²) in [6.07, 6.45) is 2.10. The van der Waals surface area contributed by atoms with E-state index in [1.807, 2.05) is 0 Å². The van der Waals surface area contributed by atoms with Crippen molar-refractivity contribution in [1.29, 1.82) is 0 Å². The first kappa shape index (κ1) is 19.1. The number of nitrogens with zero attached hydrogens (tertiary/aromatic N) is 4. The van der Waals surface area contributed by atoms with Gasteiger partial charge < -0.3 is 10.6 Å². The lowest BCUT2D eigenvalue weighted by atomic mass is 10.2. The quantitative estimate of drug-likeness (QED) is 0.578. The van der Waals surface area contributed by atoms with Crippen LogP contribution in [-0.2, 0) is 4.79 Å². The molecule has 0 saturated heterocycles. The molecular formula is C19H17FN6O2S. The molecule has 1 saturated carbocycles. The topological polar surface area (TPSA) is 102 Å². The minimum Gasteiger partial charge on any atom is -0.325 e. The Hall–Kier alpha value is -3.27. The number of tetrazole rings is 1. The zero-order valence-corrected chi connectivity index (χ0v) is 16.0. The van der Waals surface area contributed by atoms with Gasteiger partial charge in [0.15, 0.2) is 0 Å². The summed E-state index contributed by atoms with van der Waals surface area (Å²) >= 11 is 1.26. The zero-order valence-electron chi connectivity index (χ0n) is 15.2. The molecule has 148 valence electrons. The van der Waals surface area contributed by atoms with Crippen LogP contribution in [0.3, 0.4) is 0 Å². The summed E-state index contributed by atoms with van der Waals surface area (Å²) in [5, 5.41) is 17.6. The Balaban J connectivity index is 1.34. The van der Waals surface area contributed by atoms with Gasteiger partial charge >= 0.3 is 0 Å². The highest BCUT2D eigenvalue weighted by atomic mass is 32.2. The molecule has 1 aliphatic carbocycles. The Labute approximate surface area is 169 Å². The number of anilines is 2. The monoisotopic (exact) mass is 412 g/mol. The maximum Gasteiger partial charge on any atom is 0.255 e. The Kier molecular flexibility index (Phi) is 5.52. The Bertz CT molecular complexity index is 1050. The van der Waals surface area contributed by atoms with E-state index in [0.717, 1.165) is 12.8 Å². The van der Waals surface area contributed by atoms with Crippen molar-refractivity contribution >= 4 is 35.0 Å². The first-order valence-corrected chi connectivity index (χ1v) is 9.94. The maximum atomic E-state index is 13.3. The first-order valence-electron chi connectivity index (χ1n) is 8.96. The van der Waals surface area contributed by atoms with Crippen LogP contribution < -0.4 is 10.6 Å². The SMILES string of the molecule is O=C(CSc1nnnn1C1CC1)Nc1cccc(C(=O)Nc2cccc(F)c2)c1. The second kappa shape index (κ2) is 8.39. The van der Waals surface area contributed by atoms with Gasteiger partial charge in [-0.2, -0.15) is 0 Å². The van der Waals surface area contributed by atoms with E-state index in [1.165, 1.54) is 30.0 Å². The van der Waals surface area contributed by atoms with Crippen LogP contribution in [-0.4, -0.2) is 37.8 Å². The Morgan fingerprint density at radius 2 is 1.86 bits per heavy atom. The van der Waals surface area contributed by atoms with Crippen molar-refractivity contribution in [3.63, 3.8) is 0 Å². The van der Waals surface area contributed by atoms with E-state index in [-0.39, 0.29) is 11.7 Å². The molecule has 2 N–H and O–H groups in total. The number of halogens is 1. The standard InChI is InChI=1S/C19H17FN6O2S/c20-13-4-2-6-15(10-13)22-18(28)12-3-1-5-14(9-12)21-17(27)11-29-19-23-24-25-26(19)16-7-8-16/h1-6,9-10,16H,7-8,11H2,(H,21,27)(H,22,28). The second-order valence-corrected chi connectivity index (χ2v) is 7.46. The van der Waals surface area contributed by atoms with E-state index >= 15 is 0 Å². The van der Waals surface area contributed by atoms with Crippen molar-refractivity contribution in [1.82, 2.24) is 20.2 Å². The molecule has 0 radical (unpaired) electrons. The van der Waals surface area contributed by atoms with Crippen LogP contribution in [0.4, 0.5) is 15.8 Å². The average molecular weight is 412 g/mol. The molecule has 4 rings (SSSR count). The van der Waals surface area contributed by atoms with E-state index in [1.54, 1.807) is 35.0 Å². The van der Waals surface area contributed by atoms with Gasteiger partial charge in [-0.15, -0.1) is 5.10 Å². The number of thioether (sulfide) groups is 1. The molecule has 1 fully saturated rings. The fourth-order valence-electron chi connectivity index (χ4n) is 2.66. The average Bonchev–Trinajstić information content (AvgIpc) is 3.44. The van der Waals surface area contributed by atoms with Crippen LogP contribution in [0, 0.1) is 5.82 Å². The van der Waals surface area contributed by atoms with Gasteiger partial charge in [0.2, 0.25) is 11.1 Å². The number of benzene rings is 2. The van der Waals surface area contributed by atoms with Crippen molar-refractivity contribution < 1.29 is 14.0 Å². The minimum absolute atomic E-state index is 0.146. The molecule has 0 aliphatic heterocycles. The number of carbonyl (C=O) groups excluding carboxylic acids is 2. The van der Waals surface area contributed by atoms with Gasteiger partial charge in [-0.1, -0.05) is 23.9 Å². The summed E-state index contributed by atoms with van der Waals surface area (Å²) < 4.78 is 15.0. The van der Waals surface area contributed by atoms with Crippen molar-refractivity contribution in [3.8, 4) is 0 Å². The molecule has 1 aliphatic rings. The molecule has 8 nitrogen and oxygen atoms in total. The van der Waals surface area contributed by atoms with Crippen LogP contribution in [0.15, 0.2) is 53.7 Å². The predicted octanol–water partition coefficient (Wildman–Crippen LogP) is 3.13. The molecule has 3 aromatic rings. The van der Waals surface area contributed by atoms with Gasteiger partial charge in [0.25, 0.3) is 5.91 Å². The van der Waals surface area contributed by atoms with E-state index in [4.69, 9.17) is 0 Å². The zero-order chi connectivity index (χ0) is 20.2. The fourth-order valence-corrected chi connectivity index (χ4v) is 3.41. The lowest BCUT2D eigenvalue weighted by molar-refractivity contribution is -0.113. The van der Waals surface area contributed by atoms with Gasteiger partial charge in [0.1, 0.15) is 5.82 Å². The van der Waals surface area contributed by atoms with Crippen LogP contribution in [0.25, 0.3) is 0 Å². The van der Waals surface area contributed by atoms with Gasteiger partial charge in [-0.05, 0) is 59.7 Å². The van der Waals surface area contributed by atoms with Crippen LogP contribution in [0.2, 0.25) is 0 Å². The van der Waals surface area contributed by atoms with Crippen molar-refractivity contribution in [2.24, 2.45) is 0 Å². The van der Waals surface area contributed by atoms with E-state index in [9.17, 15) is 14.0 Å². The molecule has 10 heteroatoms. The lowest BCUT2D eigenvalue weighted by Gasteiger charge is -2.08. The summed E-state index contributed by atoms with van der Waals surface area (Å²) in [6.45, 7) is 0. The lowest BCUT2D eigenvalue weighted by Crippen LogP contribution is -2.16. The predicted molar refractivity (Wildman–Crippen MR) is 106 cm³/mol. The molecule has 0 spiro atoms.